The van der Waals surface area contributed by atoms with Crippen molar-refractivity contribution in [1.29, 1.82) is 0 Å². The minimum absolute atomic E-state index is 0.0231. The first kappa shape index (κ1) is 17.4. The number of piperidine rings is 1. The van der Waals surface area contributed by atoms with Crippen LogP contribution < -0.4 is 5.32 Å². The minimum Gasteiger partial charge on any atom is -0.370 e. The van der Waals surface area contributed by atoms with Gasteiger partial charge in [-0.05, 0) is 50.4 Å². The fourth-order valence-electron chi connectivity index (χ4n) is 3.15. The van der Waals surface area contributed by atoms with Crippen LogP contribution in [0, 0.1) is 23.0 Å². The second-order valence-corrected chi connectivity index (χ2v) is 6.74. The van der Waals surface area contributed by atoms with Crippen LogP contribution in [0.4, 0.5) is 11.5 Å². The van der Waals surface area contributed by atoms with Crippen molar-refractivity contribution in [2.45, 2.75) is 26.3 Å². The number of rotatable bonds is 6. The van der Waals surface area contributed by atoms with Gasteiger partial charge in [0.15, 0.2) is 0 Å². The summed E-state index contributed by atoms with van der Waals surface area (Å²) in [4.78, 5) is 16.8. The summed E-state index contributed by atoms with van der Waals surface area (Å²) in [7, 11) is 0. The highest BCUT2D eigenvalue weighted by Crippen LogP contribution is 2.20. The van der Waals surface area contributed by atoms with Crippen molar-refractivity contribution >= 4 is 11.5 Å². The molecule has 0 unspecified atom stereocenters. The van der Waals surface area contributed by atoms with Gasteiger partial charge in [0.2, 0.25) is 0 Å². The summed E-state index contributed by atoms with van der Waals surface area (Å²) in [5.41, 5.74) is 2.70. The third-order valence-electron chi connectivity index (χ3n) is 4.76. The number of nitro groups is 1. The maximum Gasteiger partial charge on any atom is 0.287 e. The van der Waals surface area contributed by atoms with E-state index in [2.05, 4.69) is 46.4 Å². The molecular formula is C19H24N4O2. The van der Waals surface area contributed by atoms with Crippen LogP contribution in [0.1, 0.15) is 24.0 Å². The number of anilines is 1. The molecule has 1 aliphatic heterocycles. The van der Waals surface area contributed by atoms with Gasteiger partial charge in [0, 0.05) is 19.2 Å². The largest absolute Gasteiger partial charge is 0.370 e. The topological polar surface area (TPSA) is 71.3 Å². The second-order valence-electron chi connectivity index (χ2n) is 6.74. The van der Waals surface area contributed by atoms with Crippen LogP contribution in [0.2, 0.25) is 0 Å². The molecule has 6 nitrogen and oxygen atoms in total. The molecule has 1 aromatic carbocycles. The molecule has 2 heterocycles. The summed E-state index contributed by atoms with van der Waals surface area (Å²) in [6, 6.07) is 11.9. The Bertz CT molecular complexity index is 692. The number of pyridine rings is 1. The van der Waals surface area contributed by atoms with Crippen molar-refractivity contribution in [2.75, 3.05) is 25.0 Å². The zero-order valence-corrected chi connectivity index (χ0v) is 14.5. The number of hydrogen-bond donors (Lipinski definition) is 1. The highest BCUT2D eigenvalue weighted by molar-refractivity contribution is 5.40. The number of likely N-dealkylation sites (tertiary alicyclic amines) is 1. The van der Waals surface area contributed by atoms with Gasteiger partial charge in [-0.15, -0.1) is 0 Å². The fourth-order valence-corrected chi connectivity index (χ4v) is 3.15. The molecular weight excluding hydrogens is 316 g/mol. The Hall–Kier alpha value is -2.47. The Morgan fingerprint density at radius 2 is 1.92 bits per heavy atom. The van der Waals surface area contributed by atoms with Crippen molar-refractivity contribution in [3.05, 3.63) is 63.8 Å². The number of nitrogens with zero attached hydrogens (tertiary/aromatic N) is 3. The van der Waals surface area contributed by atoms with E-state index in [0.29, 0.717) is 11.7 Å². The second kappa shape index (κ2) is 8.07. The van der Waals surface area contributed by atoms with Gasteiger partial charge in [-0.3, -0.25) is 15.0 Å². The van der Waals surface area contributed by atoms with Gasteiger partial charge in [0.25, 0.3) is 5.69 Å². The van der Waals surface area contributed by atoms with Crippen molar-refractivity contribution in [3.63, 3.8) is 0 Å². The van der Waals surface area contributed by atoms with Crippen LogP contribution in [0.3, 0.4) is 0 Å². The molecule has 0 radical (unpaired) electrons. The molecule has 0 spiro atoms. The number of benzene rings is 1. The monoisotopic (exact) mass is 340 g/mol. The first-order valence-electron chi connectivity index (χ1n) is 8.72. The van der Waals surface area contributed by atoms with Crippen molar-refractivity contribution < 1.29 is 4.92 Å². The maximum absolute atomic E-state index is 10.6. The summed E-state index contributed by atoms with van der Waals surface area (Å²) in [6.07, 6.45) is 3.62. The van der Waals surface area contributed by atoms with Gasteiger partial charge >= 0.3 is 0 Å². The lowest BCUT2D eigenvalue weighted by molar-refractivity contribution is -0.385. The minimum atomic E-state index is -0.430. The van der Waals surface area contributed by atoms with Crippen LogP contribution in [-0.4, -0.2) is 34.4 Å². The molecule has 1 saturated heterocycles. The van der Waals surface area contributed by atoms with Gasteiger partial charge in [0.1, 0.15) is 12.0 Å². The summed E-state index contributed by atoms with van der Waals surface area (Å²) >= 11 is 0. The molecule has 0 atom stereocenters. The maximum atomic E-state index is 10.6. The fraction of sp³-hybridized carbons (Fsp3) is 0.421. The highest BCUT2D eigenvalue weighted by atomic mass is 16.6. The van der Waals surface area contributed by atoms with E-state index in [0.717, 1.165) is 39.0 Å². The summed E-state index contributed by atoms with van der Waals surface area (Å²) in [5, 5.41) is 13.9. The lowest BCUT2D eigenvalue weighted by Crippen LogP contribution is -2.35. The van der Waals surface area contributed by atoms with E-state index >= 15 is 0 Å². The van der Waals surface area contributed by atoms with Crippen LogP contribution in [0.15, 0.2) is 42.6 Å². The first-order valence-corrected chi connectivity index (χ1v) is 8.72. The Labute approximate surface area is 148 Å². The van der Waals surface area contributed by atoms with E-state index in [1.54, 1.807) is 6.07 Å². The Balaban J connectivity index is 1.41. The molecule has 0 amide bonds. The van der Waals surface area contributed by atoms with E-state index in [-0.39, 0.29) is 5.69 Å². The van der Waals surface area contributed by atoms with Crippen LogP contribution in [0.5, 0.6) is 0 Å². The quantitative estimate of drug-likeness (QED) is 0.642. The van der Waals surface area contributed by atoms with Crippen LogP contribution in [0.25, 0.3) is 0 Å². The van der Waals surface area contributed by atoms with Crippen LogP contribution in [-0.2, 0) is 6.54 Å². The molecule has 1 N–H and O–H groups in total. The van der Waals surface area contributed by atoms with E-state index < -0.39 is 4.92 Å². The summed E-state index contributed by atoms with van der Waals surface area (Å²) in [6.45, 7) is 6.21. The summed E-state index contributed by atoms with van der Waals surface area (Å²) < 4.78 is 0. The van der Waals surface area contributed by atoms with Gasteiger partial charge < -0.3 is 5.32 Å². The Morgan fingerprint density at radius 1 is 1.20 bits per heavy atom. The number of aromatic nitrogens is 1. The summed E-state index contributed by atoms with van der Waals surface area (Å²) in [5.74, 6) is 1.32. The first-order chi connectivity index (χ1) is 12.1. The highest BCUT2D eigenvalue weighted by Gasteiger charge is 2.19. The van der Waals surface area contributed by atoms with Crippen LogP contribution >= 0.6 is 0 Å². The zero-order valence-electron chi connectivity index (χ0n) is 14.5. The molecule has 1 aliphatic rings. The molecule has 0 saturated carbocycles. The number of aryl methyl sites for hydroxylation is 1. The third-order valence-corrected chi connectivity index (χ3v) is 4.76. The van der Waals surface area contributed by atoms with Gasteiger partial charge in [-0.2, -0.15) is 0 Å². The molecule has 0 bridgehead atoms. The average molecular weight is 340 g/mol. The molecule has 1 fully saturated rings. The smallest absolute Gasteiger partial charge is 0.287 e. The predicted molar refractivity (Wildman–Crippen MR) is 98.6 cm³/mol. The Morgan fingerprint density at radius 3 is 2.52 bits per heavy atom. The van der Waals surface area contributed by atoms with Crippen molar-refractivity contribution in [1.82, 2.24) is 9.88 Å². The third kappa shape index (κ3) is 5.00. The molecule has 132 valence electrons. The van der Waals surface area contributed by atoms with E-state index in [4.69, 9.17) is 0 Å². The van der Waals surface area contributed by atoms with Gasteiger partial charge in [0.05, 0.1) is 4.92 Å². The normalized spacial score (nSPS) is 15.9. The number of hydrogen-bond acceptors (Lipinski definition) is 5. The Kier molecular flexibility index (Phi) is 5.60. The zero-order chi connectivity index (χ0) is 17.6. The molecule has 1 aromatic heterocycles. The SMILES string of the molecule is Cc1ccc(CN2CCC(CNc3ccc([N+](=O)[O-])cn3)CC2)cc1. The van der Waals surface area contributed by atoms with E-state index in [1.165, 1.54) is 23.4 Å². The molecule has 25 heavy (non-hydrogen) atoms. The van der Waals surface area contributed by atoms with E-state index in [1.807, 2.05) is 0 Å². The van der Waals surface area contributed by atoms with Crippen molar-refractivity contribution in [3.8, 4) is 0 Å². The standard InChI is InChI=1S/C19H24N4O2/c1-15-2-4-17(5-3-15)14-22-10-8-16(9-11-22)12-20-19-7-6-18(13-21-19)23(24)25/h2-7,13,16H,8-12,14H2,1H3,(H,20,21). The van der Waals surface area contributed by atoms with Gasteiger partial charge in [-0.25, -0.2) is 4.98 Å². The molecule has 2 aromatic rings. The van der Waals surface area contributed by atoms with E-state index in [9.17, 15) is 10.1 Å². The molecule has 6 heteroatoms. The average Bonchev–Trinajstić information content (AvgIpc) is 2.63. The number of nitrogens with one attached hydrogen (secondary N) is 1. The van der Waals surface area contributed by atoms with Gasteiger partial charge in [-0.1, -0.05) is 29.8 Å². The van der Waals surface area contributed by atoms with Crippen molar-refractivity contribution in [2.24, 2.45) is 5.92 Å². The predicted octanol–water partition coefficient (Wildman–Crippen LogP) is 3.62. The molecule has 3 rings (SSSR count). The molecule has 0 aliphatic carbocycles. The lowest BCUT2D eigenvalue weighted by atomic mass is 9.96. The lowest BCUT2D eigenvalue weighted by Gasteiger charge is -2.32.